The Kier molecular flexibility index (Phi) is 4.50. The zero-order chi connectivity index (χ0) is 17.1. The van der Waals surface area contributed by atoms with Gasteiger partial charge in [0.1, 0.15) is 11.9 Å². The number of carbonyl (C=O) groups is 1. The molecular formula is C19H22N4O2. The number of nitrogens with one attached hydrogen (secondary N) is 1. The van der Waals surface area contributed by atoms with E-state index in [9.17, 15) is 4.79 Å². The fourth-order valence-corrected chi connectivity index (χ4v) is 3.29. The van der Waals surface area contributed by atoms with Crippen LogP contribution in [-0.4, -0.2) is 41.3 Å². The summed E-state index contributed by atoms with van der Waals surface area (Å²) in [6.07, 6.45) is 4.19. The van der Waals surface area contributed by atoms with E-state index in [2.05, 4.69) is 20.4 Å². The quantitative estimate of drug-likeness (QED) is 0.907. The van der Waals surface area contributed by atoms with E-state index in [-0.39, 0.29) is 18.1 Å². The lowest BCUT2D eigenvalue weighted by Gasteiger charge is -2.35. The summed E-state index contributed by atoms with van der Waals surface area (Å²) >= 11 is 0. The van der Waals surface area contributed by atoms with Crippen molar-refractivity contribution < 1.29 is 9.53 Å². The smallest absolute Gasteiger partial charge is 0.272 e. The first-order valence-electron chi connectivity index (χ1n) is 8.89. The maximum atomic E-state index is 12.3. The molecule has 0 radical (unpaired) electrons. The lowest BCUT2D eigenvalue weighted by molar-refractivity contribution is 0.0697. The highest BCUT2D eigenvalue weighted by Gasteiger charge is 2.32. The van der Waals surface area contributed by atoms with Crippen LogP contribution in [0.2, 0.25) is 0 Å². The van der Waals surface area contributed by atoms with Crippen LogP contribution in [0.3, 0.4) is 0 Å². The third-order valence-electron chi connectivity index (χ3n) is 4.79. The van der Waals surface area contributed by atoms with Crippen LogP contribution in [0.5, 0.6) is 5.75 Å². The van der Waals surface area contributed by atoms with Crippen molar-refractivity contribution in [2.24, 2.45) is 0 Å². The van der Waals surface area contributed by atoms with Gasteiger partial charge in [-0.1, -0.05) is 18.2 Å². The molecule has 1 amide bonds. The SMILES string of the molecule is O=C(NC1CC(Oc2ccccc2)C1)c1ccc(N2CCCC2)nn1. The molecule has 6 heteroatoms. The van der Waals surface area contributed by atoms with Gasteiger partial charge in [-0.15, -0.1) is 10.2 Å². The third-order valence-corrected chi connectivity index (χ3v) is 4.79. The van der Waals surface area contributed by atoms with Gasteiger partial charge in [-0.3, -0.25) is 4.79 Å². The topological polar surface area (TPSA) is 67.3 Å². The second-order valence-corrected chi connectivity index (χ2v) is 6.67. The summed E-state index contributed by atoms with van der Waals surface area (Å²) in [5.41, 5.74) is 0.371. The Labute approximate surface area is 147 Å². The molecule has 1 aromatic carbocycles. The Bertz CT molecular complexity index is 708. The number of hydrogen-bond acceptors (Lipinski definition) is 5. The van der Waals surface area contributed by atoms with Crippen molar-refractivity contribution in [1.29, 1.82) is 0 Å². The van der Waals surface area contributed by atoms with Crippen molar-refractivity contribution in [3.63, 3.8) is 0 Å². The number of aromatic nitrogens is 2. The number of hydrogen-bond donors (Lipinski definition) is 1. The van der Waals surface area contributed by atoms with Crippen LogP contribution in [0.1, 0.15) is 36.2 Å². The van der Waals surface area contributed by atoms with Crippen LogP contribution >= 0.6 is 0 Å². The van der Waals surface area contributed by atoms with Crippen LogP contribution < -0.4 is 15.0 Å². The lowest BCUT2D eigenvalue weighted by Crippen LogP contribution is -2.49. The van der Waals surface area contributed by atoms with E-state index in [1.54, 1.807) is 6.07 Å². The number of benzene rings is 1. The molecule has 1 saturated heterocycles. The molecule has 6 nitrogen and oxygen atoms in total. The van der Waals surface area contributed by atoms with Crippen LogP contribution in [-0.2, 0) is 0 Å². The average Bonchev–Trinajstić information content (AvgIpc) is 3.15. The van der Waals surface area contributed by atoms with Crippen molar-refractivity contribution >= 4 is 11.7 Å². The molecule has 2 aliphatic rings. The minimum Gasteiger partial charge on any atom is -0.490 e. The van der Waals surface area contributed by atoms with Gasteiger partial charge in [0.15, 0.2) is 11.5 Å². The molecule has 0 bridgehead atoms. The molecule has 1 aliphatic carbocycles. The van der Waals surface area contributed by atoms with Crippen molar-refractivity contribution in [1.82, 2.24) is 15.5 Å². The van der Waals surface area contributed by atoms with Crippen LogP contribution in [0.4, 0.5) is 5.82 Å². The Morgan fingerprint density at radius 1 is 1.04 bits per heavy atom. The number of para-hydroxylation sites is 1. The van der Waals surface area contributed by atoms with Crippen molar-refractivity contribution in [2.45, 2.75) is 37.8 Å². The summed E-state index contributed by atoms with van der Waals surface area (Å²) in [5, 5.41) is 11.3. The molecule has 0 unspecified atom stereocenters. The number of carbonyl (C=O) groups excluding carboxylic acids is 1. The highest BCUT2D eigenvalue weighted by molar-refractivity contribution is 5.92. The van der Waals surface area contributed by atoms with Crippen LogP contribution in [0, 0.1) is 0 Å². The van der Waals surface area contributed by atoms with Crippen LogP contribution in [0.15, 0.2) is 42.5 Å². The standard InChI is InChI=1S/C19H22N4O2/c24-19(17-8-9-18(22-21-17)23-10-4-5-11-23)20-14-12-16(13-14)25-15-6-2-1-3-7-15/h1-3,6-9,14,16H,4-5,10-13H2,(H,20,24). The zero-order valence-corrected chi connectivity index (χ0v) is 14.1. The molecule has 0 spiro atoms. The molecule has 2 aromatic rings. The van der Waals surface area contributed by atoms with Gasteiger partial charge in [-0.25, -0.2) is 0 Å². The predicted molar refractivity (Wildman–Crippen MR) is 94.8 cm³/mol. The fourth-order valence-electron chi connectivity index (χ4n) is 3.29. The lowest BCUT2D eigenvalue weighted by atomic mass is 9.89. The van der Waals surface area contributed by atoms with E-state index in [1.165, 1.54) is 12.8 Å². The maximum absolute atomic E-state index is 12.3. The molecule has 1 N–H and O–H groups in total. The second-order valence-electron chi connectivity index (χ2n) is 6.67. The van der Waals surface area contributed by atoms with E-state index < -0.39 is 0 Å². The number of amides is 1. The second kappa shape index (κ2) is 7.09. The minimum atomic E-state index is -0.163. The highest BCUT2D eigenvalue weighted by atomic mass is 16.5. The van der Waals surface area contributed by atoms with Crippen molar-refractivity contribution in [2.75, 3.05) is 18.0 Å². The summed E-state index contributed by atoms with van der Waals surface area (Å²) in [5.74, 6) is 1.57. The molecule has 1 aromatic heterocycles. The van der Waals surface area contributed by atoms with Gasteiger partial charge in [-0.05, 0) is 37.1 Å². The first-order valence-corrected chi connectivity index (χ1v) is 8.89. The van der Waals surface area contributed by atoms with Crippen molar-refractivity contribution in [3.8, 4) is 5.75 Å². The highest BCUT2D eigenvalue weighted by Crippen LogP contribution is 2.26. The van der Waals surface area contributed by atoms with E-state index in [0.717, 1.165) is 37.5 Å². The first kappa shape index (κ1) is 15.9. The zero-order valence-electron chi connectivity index (χ0n) is 14.1. The third kappa shape index (κ3) is 3.73. The van der Waals surface area contributed by atoms with Gasteiger partial charge in [0.25, 0.3) is 5.91 Å². The molecule has 1 aliphatic heterocycles. The number of rotatable bonds is 5. The Balaban J connectivity index is 1.25. The molecule has 130 valence electrons. The van der Waals surface area contributed by atoms with Gasteiger partial charge < -0.3 is 15.0 Å². The number of ether oxygens (including phenoxy) is 1. The van der Waals surface area contributed by atoms with E-state index in [0.29, 0.717) is 5.69 Å². The minimum absolute atomic E-state index is 0.140. The van der Waals surface area contributed by atoms with E-state index in [4.69, 9.17) is 4.74 Å². The summed E-state index contributed by atoms with van der Waals surface area (Å²) < 4.78 is 5.86. The molecule has 1 saturated carbocycles. The monoisotopic (exact) mass is 338 g/mol. The van der Waals surface area contributed by atoms with Gasteiger partial charge in [-0.2, -0.15) is 0 Å². The molecule has 2 heterocycles. The van der Waals surface area contributed by atoms with Gasteiger partial charge in [0, 0.05) is 32.0 Å². The van der Waals surface area contributed by atoms with E-state index >= 15 is 0 Å². The largest absolute Gasteiger partial charge is 0.490 e. The fraction of sp³-hybridized carbons (Fsp3) is 0.421. The Hall–Kier alpha value is -2.63. The van der Waals surface area contributed by atoms with Gasteiger partial charge in [0.05, 0.1) is 0 Å². The van der Waals surface area contributed by atoms with E-state index in [1.807, 2.05) is 36.4 Å². The predicted octanol–water partition coefficient (Wildman–Crippen LogP) is 2.42. The number of nitrogens with zero attached hydrogens (tertiary/aromatic N) is 3. The molecule has 25 heavy (non-hydrogen) atoms. The van der Waals surface area contributed by atoms with Crippen molar-refractivity contribution in [3.05, 3.63) is 48.2 Å². The Morgan fingerprint density at radius 3 is 2.48 bits per heavy atom. The first-order chi connectivity index (χ1) is 12.3. The molecule has 2 fully saturated rings. The molecule has 4 rings (SSSR count). The Morgan fingerprint density at radius 2 is 1.80 bits per heavy atom. The summed E-state index contributed by atoms with van der Waals surface area (Å²) in [7, 11) is 0. The van der Waals surface area contributed by atoms with Crippen LogP contribution in [0.25, 0.3) is 0 Å². The normalized spacial score (nSPS) is 22.3. The summed E-state index contributed by atoms with van der Waals surface area (Å²) in [6.45, 7) is 2.04. The summed E-state index contributed by atoms with van der Waals surface area (Å²) in [4.78, 5) is 14.5. The summed E-state index contributed by atoms with van der Waals surface area (Å²) in [6, 6.07) is 13.6. The average molecular weight is 338 g/mol. The molecule has 0 atom stereocenters. The number of anilines is 1. The maximum Gasteiger partial charge on any atom is 0.272 e. The van der Waals surface area contributed by atoms with Gasteiger partial charge in [0.2, 0.25) is 0 Å². The molecular weight excluding hydrogens is 316 g/mol. The van der Waals surface area contributed by atoms with Gasteiger partial charge >= 0.3 is 0 Å².